The number of phenols is 1. The van der Waals surface area contributed by atoms with Gasteiger partial charge in [-0.1, -0.05) is 18.2 Å². The Hall–Kier alpha value is -1.35. The van der Waals surface area contributed by atoms with E-state index in [1.165, 1.54) is 6.07 Å². The Labute approximate surface area is 95.3 Å². The predicted octanol–water partition coefficient (Wildman–Crippen LogP) is 3.96. The molecule has 0 radical (unpaired) electrons. The molecular formula is C12H8BrFO. The Morgan fingerprint density at radius 1 is 1.00 bits per heavy atom. The molecular weight excluding hydrogens is 259 g/mol. The Balaban J connectivity index is 2.50. The van der Waals surface area contributed by atoms with Crippen molar-refractivity contribution in [1.82, 2.24) is 0 Å². The minimum absolute atomic E-state index is 0.202. The third-order valence-corrected chi connectivity index (χ3v) is 2.71. The van der Waals surface area contributed by atoms with E-state index in [-0.39, 0.29) is 11.6 Å². The van der Waals surface area contributed by atoms with Crippen LogP contribution in [0.25, 0.3) is 11.1 Å². The SMILES string of the molecule is Oc1cccc(-c2ccc(F)c(Br)c2)c1. The summed E-state index contributed by atoms with van der Waals surface area (Å²) in [6.45, 7) is 0. The molecule has 1 nitrogen and oxygen atoms in total. The zero-order chi connectivity index (χ0) is 10.8. The van der Waals surface area contributed by atoms with E-state index in [2.05, 4.69) is 15.9 Å². The second-order valence-electron chi connectivity index (χ2n) is 3.18. The average Bonchev–Trinajstić information content (AvgIpc) is 2.22. The molecule has 0 amide bonds. The van der Waals surface area contributed by atoms with Gasteiger partial charge in [-0.05, 0) is 51.3 Å². The van der Waals surface area contributed by atoms with Crippen LogP contribution in [0.2, 0.25) is 0 Å². The summed E-state index contributed by atoms with van der Waals surface area (Å²) < 4.78 is 13.4. The lowest BCUT2D eigenvalue weighted by molar-refractivity contribution is 0.475. The molecule has 0 atom stereocenters. The standard InChI is InChI=1S/C12H8BrFO/c13-11-7-9(4-5-12(11)14)8-2-1-3-10(15)6-8/h1-7,15H. The van der Waals surface area contributed by atoms with Gasteiger partial charge in [0.1, 0.15) is 11.6 Å². The summed E-state index contributed by atoms with van der Waals surface area (Å²) in [5, 5.41) is 9.31. The van der Waals surface area contributed by atoms with Gasteiger partial charge < -0.3 is 5.11 Å². The van der Waals surface area contributed by atoms with Crippen LogP contribution >= 0.6 is 15.9 Å². The molecule has 0 saturated carbocycles. The van der Waals surface area contributed by atoms with E-state index in [4.69, 9.17) is 0 Å². The number of halogens is 2. The summed E-state index contributed by atoms with van der Waals surface area (Å²) in [6, 6.07) is 11.6. The molecule has 2 rings (SSSR count). The third kappa shape index (κ3) is 2.18. The molecule has 0 saturated heterocycles. The highest BCUT2D eigenvalue weighted by Crippen LogP contribution is 2.27. The van der Waals surface area contributed by atoms with Crippen molar-refractivity contribution in [2.75, 3.05) is 0 Å². The van der Waals surface area contributed by atoms with Gasteiger partial charge in [-0.25, -0.2) is 4.39 Å². The predicted molar refractivity (Wildman–Crippen MR) is 61.2 cm³/mol. The molecule has 0 bridgehead atoms. The van der Waals surface area contributed by atoms with Gasteiger partial charge in [0.2, 0.25) is 0 Å². The van der Waals surface area contributed by atoms with Gasteiger partial charge in [0, 0.05) is 0 Å². The van der Waals surface area contributed by atoms with Gasteiger partial charge in [0.15, 0.2) is 0 Å². The summed E-state index contributed by atoms with van der Waals surface area (Å²) in [5.74, 6) is -0.0909. The quantitative estimate of drug-likeness (QED) is 0.829. The van der Waals surface area contributed by atoms with Gasteiger partial charge >= 0.3 is 0 Å². The van der Waals surface area contributed by atoms with Crippen LogP contribution in [0.15, 0.2) is 46.9 Å². The fourth-order valence-corrected chi connectivity index (χ4v) is 1.74. The Bertz CT molecular complexity index is 497. The topological polar surface area (TPSA) is 20.2 Å². The first kappa shape index (κ1) is 10.2. The molecule has 0 unspecified atom stereocenters. The Morgan fingerprint density at radius 3 is 2.40 bits per heavy atom. The van der Waals surface area contributed by atoms with E-state index >= 15 is 0 Å². The van der Waals surface area contributed by atoms with E-state index < -0.39 is 0 Å². The number of hydrogen-bond donors (Lipinski definition) is 1. The first-order chi connectivity index (χ1) is 7.16. The van der Waals surface area contributed by atoms with E-state index in [0.29, 0.717) is 4.47 Å². The fraction of sp³-hybridized carbons (Fsp3) is 0. The van der Waals surface area contributed by atoms with Crippen LogP contribution in [0.4, 0.5) is 4.39 Å². The van der Waals surface area contributed by atoms with Gasteiger partial charge in [0.25, 0.3) is 0 Å². The monoisotopic (exact) mass is 266 g/mol. The molecule has 0 aliphatic heterocycles. The Kier molecular flexibility index (Phi) is 2.73. The van der Waals surface area contributed by atoms with Crippen LogP contribution in [-0.2, 0) is 0 Å². The summed E-state index contributed by atoms with van der Waals surface area (Å²) in [6.07, 6.45) is 0. The maximum atomic E-state index is 13.0. The summed E-state index contributed by atoms with van der Waals surface area (Å²) in [7, 11) is 0. The molecule has 3 heteroatoms. The molecule has 2 aromatic carbocycles. The molecule has 0 aromatic heterocycles. The normalized spacial score (nSPS) is 10.3. The highest BCUT2D eigenvalue weighted by Gasteiger charge is 2.02. The lowest BCUT2D eigenvalue weighted by Crippen LogP contribution is -1.81. The molecule has 0 spiro atoms. The average molecular weight is 267 g/mol. The molecule has 15 heavy (non-hydrogen) atoms. The molecule has 0 fully saturated rings. The molecule has 1 N–H and O–H groups in total. The smallest absolute Gasteiger partial charge is 0.137 e. The van der Waals surface area contributed by atoms with Crippen molar-refractivity contribution < 1.29 is 9.50 Å². The van der Waals surface area contributed by atoms with Crippen LogP contribution < -0.4 is 0 Å². The van der Waals surface area contributed by atoms with Crippen LogP contribution in [0.1, 0.15) is 0 Å². The number of hydrogen-bond acceptors (Lipinski definition) is 1. The van der Waals surface area contributed by atoms with Crippen molar-refractivity contribution in [3.63, 3.8) is 0 Å². The van der Waals surface area contributed by atoms with Crippen LogP contribution in [-0.4, -0.2) is 5.11 Å². The lowest BCUT2D eigenvalue weighted by atomic mass is 10.1. The van der Waals surface area contributed by atoms with Crippen LogP contribution in [0, 0.1) is 5.82 Å². The second kappa shape index (κ2) is 4.03. The largest absolute Gasteiger partial charge is 0.508 e. The summed E-state index contributed by atoms with van der Waals surface area (Å²) in [4.78, 5) is 0. The highest BCUT2D eigenvalue weighted by atomic mass is 79.9. The number of aromatic hydroxyl groups is 1. The first-order valence-electron chi connectivity index (χ1n) is 4.41. The van der Waals surface area contributed by atoms with E-state index in [1.807, 2.05) is 6.07 Å². The fourth-order valence-electron chi connectivity index (χ4n) is 1.36. The van der Waals surface area contributed by atoms with Crippen molar-refractivity contribution in [3.05, 3.63) is 52.8 Å². The van der Waals surface area contributed by atoms with Crippen molar-refractivity contribution in [3.8, 4) is 16.9 Å². The lowest BCUT2D eigenvalue weighted by Gasteiger charge is -2.03. The van der Waals surface area contributed by atoms with Crippen molar-refractivity contribution in [2.45, 2.75) is 0 Å². The number of benzene rings is 2. The van der Waals surface area contributed by atoms with Crippen molar-refractivity contribution >= 4 is 15.9 Å². The minimum atomic E-state index is -0.293. The summed E-state index contributed by atoms with van der Waals surface area (Å²) >= 11 is 3.12. The maximum absolute atomic E-state index is 13.0. The molecule has 0 aliphatic carbocycles. The van der Waals surface area contributed by atoms with Crippen LogP contribution in [0.5, 0.6) is 5.75 Å². The Morgan fingerprint density at radius 2 is 1.73 bits per heavy atom. The summed E-state index contributed by atoms with van der Waals surface area (Å²) in [5.41, 5.74) is 1.72. The molecule has 76 valence electrons. The van der Waals surface area contributed by atoms with Crippen LogP contribution in [0.3, 0.4) is 0 Å². The first-order valence-corrected chi connectivity index (χ1v) is 5.20. The van der Waals surface area contributed by atoms with Gasteiger partial charge in [-0.15, -0.1) is 0 Å². The van der Waals surface area contributed by atoms with Gasteiger partial charge in [0.05, 0.1) is 4.47 Å². The van der Waals surface area contributed by atoms with Crippen molar-refractivity contribution in [1.29, 1.82) is 0 Å². The zero-order valence-corrected chi connectivity index (χ0v) is 9.33. The molecule has 0 aliphatic rings. The minimum Gasteiger partial charge on any atom is -0.508 e. The van der Waals surface area contributed by atoms with Gasteiger partial charge in [-0.3, -0.25) is 0 Å². The highest BCUT2D eigenvalue weighted by molar-refractivity contribution is 9.10. The van der Waals surface area contributed by atoms with Gasteiger partial charge in [-0.2, -0.15) is 0 Å². The molecule has 0 heterocycles. The zero-order valence-electron chi connectivity index (χ0n) is 7.74. The third-order valence-electron chi connectivity index (χ3n) is 2.10. The van der Waals surface area contributed by atoms with Crippen molar-refractivity contribution in [2.24, 2.45) is 0 Å². The number of phenolic OH excluding ortho intramolecular Hbond substituents is 1. The van der Waals surface area contributed by atoms with E-state index in [1.54, 1.807) is 30.3 Å². The van der Waals surface area contributed by atoms with E-state index in [9.17, 15) is 9.50 Å². The van der Waals surface area contributed by atoms with E-state index in [0.717, 1.165) is 11.1 Å². The maximum Gasteiger partial charge on any atom is 0.137 e. The molecule has 2 aromatic rings. The second-order valence-corrected chi connectivity index (χ2v) is 4.03. The number of rotatable bonds is 1.